The van der Waals surface area contributed by atoms with Gasteiger partial charge in [0.2, 0.25) is 11.1 Å². The summed E-state index contributed by atoms with van der Waals surface area (Å²) in [6.07, 6.45) is 0. The molecule has 0 unspecified atom stereocenters. The molecular formula is C26H24ClN7O2S. The first-order valence-electron chi connectivity index (χ1n) is 11.7. The average molecular weight is 534 g/mol. The van der Waals surface area contributed by atoms with Crippen molar-refractivity contribution in [2.45, 2.75) is 5.16 Å². The van der Waals surface area contributed by atoms with Crippen LogP contribution in [0.25, 0.3) is 5.69 Å². The van der Waals surface area contributed by atoms with Gasteiger partial charge in [0.1, 0.15) is 0 Å². The normalized spacial score (nSPS) is 13.4. The van der Waals surface area contributed by atoms with Gasteiger partial charge in [0, 0.05) is 37.6 Å². The van der Waals surface area contributed by atoms with E-state index in [0.717, 1.165) is 11.4 Å². The van der Waals surface area contributed by atoms with Gasteiger partial charge in [-0.25, -0.2) is 0 Å². The number of hydrogen-bond donors (Lipinski definition) is 1. The van der Waals surface area contributed by atoms with Crippen LogP contribution in [0.5, 0.6) is 0 Å². The number of carbonyl (C=O) groups is 2. The SMILES string of the molecule is O=C(CSc1nnnn1-c1ccccc1)Nc1ccc(N2CCN(C(=O)c3ccccc3Cl)CC2)cc1. The molecule has 9 nitrogen and oxygen atoms in total. The third-order valence-corrected chi connectivity index (χ3v) is 7.21. The Morgan fingerprint density at radius 2 is 1.57 bits per heavy atom. The molecule has 0 aliphatic carbocycles. The molecule has 0 radical (unpaired) electrons. The molecule has 1 aliphatic rings. The zero-order chi connectivity index (χ0) is 25.6. The molecule has 0 atom stereocenters. The van der Waals surface area contributed by atoms with Crippen molar-refractivity contribution in [1.29, 1.82) is 0 Å². The van der Waals surface area contributed by atoms with Gasteiger partial charge < -0.3 is 15.1 Å². The Bertz CT molecular complexity index is 1370. The van der Waals surface area contributed by atoms with E-state index in [2.05, 4.69) is 25.7 Å². The molecule has 1 aliphatic heterocycles. The van der Waals surface area contributed by atoms with E-state index in [4.69, 9.17) is 11.6 Å². The number of piperazine rings is 1. The fraction of sp³-hybridized carbons (Fsp3) is 0.192. The van der Waals surface area contributed by atoms with Crippen molar-refractivity contribution in [2.75, 3.05) is 42.1 Å². The average Bonchev–Trinajstić information content (AvgIpc) is 3.42. The summed E-state index contributed by atoms with van der Waals surface area (Å²) < 4.78 is 1.61. The van der Waals surface area contributed by atoms with Gasteiger partial charge in [-0.05, 0) is 59.0 Å². The molecule has 3 aromatic carbocycles. The van der Waals surface area contributed by atoms with E-state index in [0.29, 0.717) is 47.6 Å². The van der Waals surface area contributed by atoms with Crippen molar-refractivity contribution in [3.05, 3.63) is 89.4 Å². The van der Waals surface area contributed by atoms with E-state index >= 15 is 0 Å². The Kier molecular flexibility index (Phi) is 7.67. The lowest BCUT2D eigenvalue weighted by atomic mass is 10.1. The number of thioether (sulfide) groups is 1. The van der Waals surface area contributed by atoms with Crippen molar-refractivity contribution in [2.24, 2.45) is 0 Å². The molecule has 0 saturated carbocycles. The number of rotatable bonds is 7. The number of para-hydroxylation sites is 1. The van der Waals surface area contributed by atoms with Crippen molar-refractivity contribution in [1.82, 2.24) is 25.1 Å². The second-order valence-corrected chi connectivity index (χ2v) is 9.70. The highest BCUT2D eigenvalue weighted by atomic mass is 35.5. The van der Waals surface area contributed by atoms with Gasteiger partial charge in [0.25, 0.3) is 5.91 Å². The molecular weight excluding hydrogens is 510 g/mol. The minimum Gasteiger partial charge on any atom is -0.368 e. The topological polar surface area (TPSA) is 96.2 Å². The van der Waals surface area contributed by atoms with Crippen LogP contribution >= 0.6 is 23.4 Å². The van der Waals surface area contributed by atoms with Crippen molar-refractivity contribution >= 4 is 46.6 Å². The van der Waals surface area contributed by atoms with Crippen LogP contribution in [0.2, 0.25) is 5.02 Å². The summed E-state index contributed by atoms with van der Waals surface area (Å²) in [6, 6.07) is 24.4. The Morgan fingerprint density at radius 1 is 0.865 bits per heavy atom. The Balaban J connectivity index is 1.11. The van der Waals surface area contributed by atoms with Gasteiger partial charge in [-0.3, -0.25) is 9.59 Å². The van der Waals surface area contributed by atoms with Crippen LogP contribution in [-0.4, -0.2) is 68.9 Å². The van der Waals surface area contributed by atoms with E-state index < -0.39 is 0 Å². The van der Waals surface area contributed by atoms with Gasteiger partial charge >= 0.3 is 0 Å². The molecule has 1 saturated heterocycles. The summed E-state index contributed by atoms with van der Waals surface area (Å²) in [6.45, 7) is 2.66. The quantitative estimate of drug-likeness (QED) is 0.358. The lowest BCUT2D eigenvalue weighted by molar-refractivity contribution is -0.113. The van der Waals surface area contributed by atoms with Crippen LogP contribution in [-0.2, 0) is 4.79 Å². The number of nitrogens with zero attached hydrogens (tertiary/aromatic N) is 6. The van der Waals surface area contributed by atoms with E-state index in [-0.39, 0.29) is 17.6 Å². The van der Waals surface area contributed by atoms with Gasteiger partial charge in [0.05, 0.1) is 22.0 Å². The maximum Gasteiger partial charge on any atom is 0.255 e. The molecule has 2 amide bonds. The minimum atomic E-state index is -0.146. The summed E-state index contributed by atoms with van der Waals surface area (Å²) in [5, 5.41) is 15.7. The van der Waals surface area contributed by atoms with Crippen LogP contribution in [0, 0.1) is 0 Å². The molecule has 5 rings (SSSR count). The number of halogens is 1. The first kappa shape index (κ1) is 24.8. The van der Waals surface area contributed by atoms with Crippen LogP contribution in [0.4, 0.5) is 11.4 Å². The molecule has 188 valence electrons. The zero-order valence-electron chi connectivity index (χ0n) is 19.8. The van der Waals surface area contributed by atoms with E-state index in [1.54, 1.807) is 16.8 Å². The molecule has 1 aromatic heterocycles. The smallest absolute Gasteiger partial charge is 0.255 e. The van der Waals surface area contributed by atoms with E-state index in [1.165, 1.54) is 11.8 Å². The highest BCUT2D eigenvalue weighted by Gasteiger charge is 2.23. The van der Waals surface area contributed by atoms with Gasteiger partial charge in [0.15, 0.2) is 0 Å². The summed E-state index contributed by atoms with van der Waals surface area (Å²) >= 11 is 7.46. The molecule has 37 heavy (non-hydrogen) atoms. The third kappa shape index (κ3) is 5.92. The van der Waals surface area contributed by atoms with Crippen LogP contribution < -0.4 is 10.2 Å². The number of anilines is 2. The number of aromatic nitrogens is 4. The Labute approximate surface area is 223 Å². The number of benzene rings is 3. The number of tetrazole rings is 1. The largest absolute Gasteiger partial charge is 0.368 e. The number of nitrogens with one attached hydrogen (secondary N) is 1. The van der Waals surface area contributed by atoms with Crippen LogP contribution in [0.3, 0.4) is 0 Å². The third-order valence-electron chi connectivity index (χ3n) is 5.96. The van der Waals surface area contributed by atoms with Crippen LogP contribution in [0.1, 0.15) is 10.4 Å². The standard InChI is InChI=1S/C26H24ClN7O2S/c27-23-9-5-4-8-22(23)25(36)33-16-14-32(15-17-33)20-12-10-19(11-13-20)28-24(35)18-37-26-29-30-31-34(26)21-6-2-1-3-7-21/h1-13H,14-18H2,(H,28,35). The predicted molar refractivity (Wildman–Crippen MR) is 145 cm³/mol. The fourth-order valence-corrected chi connectivity index (χ4v) is 4.96. The van der Waals surface area contributed by atoms with Crippen molar-refractivity contribution in [3.8, 4) is 5.69 Å². The number of hydrogen-bond acceptors (Lipinski definition) is 7. The van der Waals surface area contributed by atoms with Gasteiger partial charge in [-0.15, -0.1) is 5.10 Å². The van der Waals surface area contributed by atoms with Crippen LogP contribution in [0.15, 0.2) is 84.0 Å². The highest BCUT2D eigenvalue weighted by molar-refractivity contribution is 7.99. The first-order chi connectivity index (χ1) is 18.1. The fourth-order valence-electron chi connectivity index (χ4n) is 4.06. The number of carbonyl (C=O) groups excluding carboxylic acids is 2. The second kappa shape index (κ2) is 11.4. The van der Waals surface area contributed by atoms with Gasteiger partial charge in [-0.1, -0.05) is 53.7 Å². The lowest BCUT2D eigenvalue weighted by Gasteiger charge is -2.36. The number of amides is 2. The molecule has 0 bridgehead atoms. The van der Waals surface area contributed by atoms with E-state index in [9.17, 15) is 9.59 Å². The van der Waals surface area contributed by atoms with Gasteiger partial charge in [-0.2, -0.15) is 4.68 Å². The summed E-state index contributed by atoms with van der Waals surface area (Å²) in [7, 11) is 0. The summed E-state index contributed by atoms with van der Waals surface area (Å²) in [5.41, 5.74) is 3.12. The highest BCUT2D eigenvalue weighted by Crippen LogP contribution is 2.23. The molecule has 4 aromatic rings. The minimum absolute atomic E-state index is 0.0426. The first-order valence-corrected chi connectivity index (χ1v) is 13.1. The van der Waals surface area contributed by atoms with Crippen molar-refractivity contribution < 1.29 is 9.59 Å². The molecule has 0 spiro atoms. The second-order valence-electron chi connectivity index (χ2n) is 8.35. The van der Waals surface area contributed by atoms with Crippen molar-refractivity contribution in [3.63, 3.8) is 0 Å². The molecule has 1 fully saturated rings. The molecule has 2 heterocycles. The Hall–Kier alpha value is -3.89. The Morgan fingerprint density at radius 3 is 2.30 bits per heavy atom. The maximum atomic E-state index is 12.8. The molecule has 1 N–H and O–H groups in total. The summed E-state index contributed by atoms with van der Waals surface area (Å²) in [5.74, 6) is -0.0119. The zero-order valence-corrected chi connectivity index (χ0v) is 21.4. The molecule has 11 heteroatoms. The predicted octanol–water partition coefficient (Wildman–Crippen LogP) is 4.01. The van der Waals surface area contributed by atoms with E-state index in [1.807, 2.05) is 71.6 Å². The maximum absolute atomic E-state index is 12.8. The summed E-state index contributed by atoms with van der Waals surface area (Å²) in [4.78, 5) is 29.4. The monoisotopic (exact) mass is 533 g/mol. The lowest BCUT2D eigenvalue weighted by Crippen LogP contribution is -2.48.